The Labute approximate surface area is 102 Å². The minimum absolute atomic E-state index is 0.562. The quantitative estimate of drug-likeness (QED) is 0.845. The van der Waals surface area contributed by atoms with Crippen LogP contribution in [0.2, 0.25) is 5.02 Å². The second-order valence-electron chi connectivity index (χ2n) is 4.48. The molecule has 0 unspecified atom stereocenters. The molecule has 0 amide bonds. The predicted molar refractivity (Wildman–Crippen MR) is 69.8 cm³/mol. The van der Waals surface area contributed by atoms with Crippen LogP contribution in [0.15, 0.2) is 18.2 Å². The molecule has 0 radical (unpaired) electrons. The van der Waals surface area contributed by atoms with Crippen molar-refractivity contribution in [1.29, 1.82) is 0 Å². The van der Waals surface area contributed by atoms with Gasteiger partial charge in [0.05, 0.1) is 0 Å². The maximum absolute atomic E-state index is 6.01. The molecule has 0 saturated heterocycles. The fourth-order valence-corrected chi connectivity index (χ4v) is 2.50. The number of halogens is 1. The Hall–Kier alpha value is -0.730. The minimum Gasteiger partial charge on any atom is -0.382 e. The van der Waals surface area contributed by atoms with Gasteiger partial charge < -0.3 is 11.1 Å². The van der Waals surface area contributed by atoms with E-state index in [2.05, 4.69) is 5.32 Å². The summed E-state index contributed by atoms with van der Waals surface area (Å²) >= 11 is 6.01. The molecule has 2 nitrogen and oxygen atoms in total. The Kier molecular flexibility index (Phi) is 4.08. The van der Waals surface area contributed by atoms with Gasteiger partial charge in [0.1, 0.15) is 0 Å². The summed E-state index contributed by atoms with van der Waals surface area (Å²) in [6, 6.07) is 6.49. The molecule has 0 aromatic heterocycles. The molecular formula is C13H19ClN2. The van der Waals surface area contributed by atoms with Crippen LogP contribution in [0.25, 0.3) is 0 Å². The number of nitrogens with one attached hydrogen (secondary N) is 1. The molecule has 1 fully saturated rings. The van der Waals surface area contributed by atoms with E-state index in [1.807, 2.05) is 18.2 Å². The Morgan fingerprint density at radius 2 is 2.00 bits per heavy atom. The zero-order valence-electron chi connectivity index (χ0n) is 9.51. The molecule has 0 atom stereocenters. The molecule has 1 aliphatic carbocycles. The van der Waals surface area contributed by atoms with Crippen LogP contribution in [0.4, 0.5) is 5.69 Å². The summed E-state index contributed by atoms with van der Waals surface area (Å²) in [5.74, 6) is 0. The molecule has 0 heterocycles. The third kappa shape index (κ3) is 2.89. The highest BCUT2D eigenvalue weighted by Crippen LogP contribution is 2.26. The van der Waals surface area contributed by atoms with E-state index >= 15 is 0 Å². The van der Waals surface area contributed by atoms with Crippen LogP contribution in [0.5, 0.6) is 0 Å². The predicted octanol–water partition coefficient (Wildman–Crippen LogP) is 3.54. The first-order valence-corrected chi connectivity index (χ1v) is 6.42. The van der Waals surface area contributed by atoms with Gasteiger partial charge in [-0.15, -0.1) is 0 Å². The van der Waals surface area contributed by atoms with Crippen molar-refractivity contribution in [2.45, 2.75) is 44.7 Å². The van der Waals surface area contributed by atoms with Crippen LogP contribution in [0, 0.1) is 0 Å². The van der Waals surface area contributed by atoms with E-state index in [1.165, 1.54) is 32.1 Å². The molecule has 16 heavy (non-hydrogen) atoms. The van der Waals surface area contributed by atoms with Crippen molar-refractivity contribution in [3.63, 3.8) is 0 Å². The Bertz CT molecular complexity index is 346. The monoisotopic (exact) mass is 238 g/mol. The SMILES string of the molecule is NCc1ccc(Cl)cc1NC1CCCCC1. The van der Waals surface area contributed by atoms with Gasteiger partial charge in [-0.05, 0) is 30.5 Å². The first kappa shape index (κ1) is 11.7. The topological polar surface area (TPSA) is 38.0 Å². The van der Waals surface area contributed by atoms with Crippen LogP contribution in [0.3, 0.4) is 0 Å². The van der Waals surface area contributed by atoms with Crippen molar-refractivity contribution in [3.8, 4) is 0 Å². The third-order valence-electron chi connectivity index (χ3n) is 3.26. The fourth-order valence-electron chi connectivity index (χ4n) is 2.33. The zero-order chi connectivity index (χ0) is 11.4. The molecule has 1 aliphatic rings. The molecule has 1 aromatic carbocycles. The second-order valence-corrected chi connectivity index (χ2v) is 4.92. The molecule has 1 saturated carbocycles. The van der Waals surface area contributed by atoms with Gasteiger partial charge in [0.2, 0.25) is 0 Å². The van der Waals surface area contributed by atoms with Gasteiger partial charge >= 0.3 is 0 Å². The van der Waals surface area contributed by atoms with Gasteiger partial charge in [-0.25, -0.2) is 0 Å². The molecule has 0 spiro atoms. The zero-order valence-corrected chi connectivity index (χ0v) is 10.3. The maximum Gasteiger partial charge on any atom is 0.0426 e. The molecular weight excluding hydrogens is 220 g/mol. The lowest BCUT2D eigenvalue weighted by molar-refractivity contribution is 0.462. The summed E-state index contributed by atoms with van der Waals surface area (Å²) < 4.78 is 0. The van der Waals surface area contributed by atoms with E-state index in [1.54, 1.807) is 0 Å². The van der Waals surface area contributed by atoms with Crippen molar-refractivity contribution in [2.24, 2.45) is 5.73 Å². The smallest absolute Gasteiger partial charge is 0.0426 e. The molecule has 2 rings (SSSR count). The summed E-state index contributed by atoms with van der Waals surface area (Å²) in [5.41, 5.74) is 7.98. The maximum atomic E-state index is 6.01. The number of hydrogen-bond acceptors (Lipinski definition) is 2. The van der Waals surface area contributed by atoms with E-state index in [4.69, 9.17) is 17.3 Å². The van der Waals surface area contributed by atoms with E-state index in [0.717, 1.165) is 16.3 Å². The average molecular weight is 239 g/mol. The Morgan fingerprint density at radius 3 is 2.69 bits per heavy atom. The number of nitrogens with two attached hydrogens (primary N) is 1. The normalized spacial score (nSPS) is 17.4. The van der Waals surface area contributed by atoms with E-state index in [9.17, 15) is 0 Å². The van der Waals surface area contributed by atoms with Crippen molar-refractivity contribution >= 4 is 17.3 Å². The van der Waals surface area contributed by atoms with Crippen LogP contribution in [-0.2, 0) is 6.54 Å². The standard InChI is InChI=1S/C13H19ClN2/c14-11-7-6-10(9-15)13(8-11)16-12-4-2-1-3-5-12/h6-8,12,16H,1-5,9,15H2. The molecule has 1 aromatic rings. The van der Waals surface area contributed by atoms with Crippen LogP contribution < -0.4 is 11.1 Å². The van der Waals surface area contributed by atoms with Crippen molar-refractivity contribution < 1.29 is 0 Å². The summed E-state index contributed by atoms with van der Waals surface area (Å²) in [7, 11) is 0. The van der Waals surface area contributed by atoms with Crippen molar-refractivity contribution in [1.82, 2.24) is 0 Å². The lowest BCUT2D eigenvalue weighted by Gasteiger charge is -2.25. The summed E-state index contributed by atoms with van der Waals surface area (Å²) in [6.07, 6.45) is 6.55. The summed E-state index contributed by atoms with van der Waals surface area (Å²) in [5, 5.41) is 4.35. The number of rotatable bonds is 3. The Balaban J connectivity index is 2.09. The first-order valence-electron chi connectivity index (χ1n) is 6.04. The number of anilines is 1. The summed E-state index contributed by atoms with van der Waals surface area (Å²) in [4.78, 5) is 0. The Morgan fingerprint density at radius 1 is 1.25 bits per heavy atom. The fraction of sp³-hybridized carbons (Fsp3) is 0.538. The lowest BCUT2D eigenvalue weighted by Crippen LogP contribution is -2.23. The highest BCUT2D eigenvalue weighted by Gasteiger charge is 2.14. The highest BCUT2D eigenvalue weighted by molar-refractivity contribution is 6.30. The summed E-state index contributed by atoms with van der Waals surface area (Å²) in [6.45, 7) is 0.562. The van der Waals surface area contributed by atoms with Gasteiger partial charge in [-0.3, -0.25) is 0 Å². The molecule has 0 bridgehead atoms. The van der Waals surface area contributed by atoms with Gasteiger partial charge in [-0.2, -0.15) is 0 Å². The van der Waals surface area contributed by atoms with E-state index in [-0.39, 0.29) is 0 Å². The van der Waals surface area contributed by atoms with Gasteiger partial charge in [-0.1, -0.05) is 36.9 Å². The number of benzene rings is 1. The highest BCUT2D eigenvalue weighted by atomic mass is 35.5. The largest absolute Gasteiger partial charge is 0.382 e. The van der Waals surface area contributed by atoms with Gasteiger partial charge in [0.25, 0.3) is 0 Å². The van der Waals surface area contributed by atoms with Gasteiger partial charge in [0, 0.05) is 23.3 Å². The second kappa shape index (κ2) is 5.55. The third-order valence-corrected chi connectivity index (χ3v) is 3.49. The first-order chi connectivity index (χ1) is 7.79. The van der Waals surface area contributed by atoms with Crippen molar-refractivity contribution in [3.05, 3.63) is 28.8 Å². The van der Waals surface area contributed by atoms with Crippen LogP contribution in [0.1, 0.15) is 37.7 Å². The van der Waals surface area contributed by atoms with Crippen molar-refractivity contribution in [2.75, 3.05) is 5.32 Å². The number of hydrogen-bond donors (Lipinski definition) is 2. The molecule has 3 heteroatoms. The average Bonchev–Trinajstić information content (AvgIpc) is 2.31. The van der Waals surface area contributed by atoms with Crippen LogP contribution >= 0.6 is 11.6 Å². The molecule has 0 aliphatic heterocycles. The van der Waals surface area contributed by atoms with E-state index in [0.29, 0.717) is 12.6 Å². The van der Waals surface area contributed by atoms with Gasteiger partial charge in [0.15, 0.2) is 0 Å². The molecule has 88 valence electrons. The van der Waals surface area contributed by atoms with E-state index < -0.39 is 0 Å². The molecule has 3 N–H and O–H groups in total. The minimum atomic E-state index is 0.562. The van der Waals surface area contributed by atoms with Crippen LogP contribution in [-0.4, -0.2) is 6.04 Å². The lowest BCUT2D eigenvalue weighted by atomic mass is 9.95.